The molecule has 0 aliphatic carbocycles. The number of ether oxygens (including phenoxy) is 1. The zero-order valence-corrected chi connectivity index (χ0v) is 15.1. The maximum Gasteiger partial charge on any atom is 0.402 e. The van der Waals surface area contributed by atoms with Crippen molar-refractivity contribution in [2.24, 2.45) is 0 Å². The monoisotopic (exact) mass is 393 g/mol. The van der Waals surface area contributed by atoms with E-state index >= 15 is 0 Å². The quantitative estimate of drug-likeness (QED) is 0.538. The lowest BCUT2D eigenvalue weighted by atomic mass is 10.0. The minimum absolute atomic E-state index is 0.0109. The Labute approximate surface area is 157 Å². The minimum Gasteiger partial charge on any atom is -0.432 e. The molecular formula is C20H15F4NOS. The van der Waals surface area contributed by atoms with Crippen molar-refractivity contribution in [1.29, 1.82) is 0 Å². The van der Waals surface area contributed by atoms with E-state index in [4.69, 9.17) is 4.74 Å². The summed E-state index contributed by atoms with van der Waals surface area (Å²) in [7, 11) is 0. The topological polar surface area (TPSA) is 21.3 Å². The molecule has 2 heterocycles. The van der Waals surface area contributed by atoms with E-state index in [1.807, 2.05) is 13.0 Å². The van der Waals surface area contributed by atoms with E-state index in [0.717, 1.165) is 21.0 Å². The van der Waals surface area contributed by atoms with Crippen LogP contribution >= 0.6 is 11.3 Å². The molecule has 3 aromatic rings. The van der Waals surface area contributed by atoms with E-state index in [2.05, 4.69) is 5.32 Å². The molecule has 0 spiro atoms. The van der Waals surface area contributed by atoms with Crippen LogP contribution in [-0.2, 0) is 13.0 Å². The molecule has 1 N–H and O–H groups in total. The third kappa shape index (κ3) is 3.51. The highest BCUT2D eigenvalue weighted by molar-refractivity contribution is 7.19. The van der Waals surface area contributed by atoms with Gasteiger partial charge in [-0.3, -0.25) is 0 Å². The van der Waals surface area contributed by atoms with Crippen molar-refractivity contribution in [3.8, 4) is 16.2 Å². The van der Waals surface area contributed by atoms with Crippen molar-refractivity contribution < 1.29 is 22.3 Å². The van der Waals surface area contributed by atoms with Gasteiger partial charge < -0.3 is 10.1 Å². The normalized spacial score (nSPS) is 14.7. The van der Waals surface area contributed by atoms with Crippen molar-refractivity contribution in [3.05, 3.63) is 70.8 Å². The van der Waals surface area contributed by atoms with Gasteiger partial charge in [-0.2, -0.15) is 8.78 Å². The molecule has 1 aromatic heterocycles. The average molecular weight is 393 g/mol. The number of hydrogen-bond donors (Lipinski definition) is 1. The maximum absolute atomic E-state index is 13.7. The minimum atomic E-state index is -3.17. The fourth-order valence-electron chi connectivity index (χ4n) is 3.12. The van der Waals surface area contributed by atoms with Crippen LogP contribution in [0, 0.1) is 18.6 Å². The number of aryl methyl sites for hydroxylation is 1. The zero-order valence-electron chi connectivity index (χ0n) is 14.3. The van der Waals surface area contributed by atoms with Crippen LogP contribution in [0.4, 0.5) is 22.6 Å². The number of thiophene rings is 1. The molecule has 0 amide bonds. The summed E-state index contributed by atoms with van der Waals surface area (Å²) < 4.78 is 59.0. The number of nitrogens with one attached hydrogen (secondary N) is 1. The molecule has 0 saturated carbocycles. The third-order valence-corrected chi connectivity index (χ3v) is 5.51. The Balaban J connectivity index is 1.55. The second kappa shape index (κ2) is 6.56. The summed E-state index contributed by atoms with van der Waals surface area (Å²) in [5, 5.41) is 3.73. The molecule has 0 bridgehead atoms. The summed E-state index contributed by atoms with van der Waals surface area (Å²) in [6, 6.07) is 10.7. The highest BCUT2D eigenvalue weighted by Crippen LogP contribution is 2.42. The van der Waals surface area contributed by atoms with Crippen LogP contribution in [0.15, 0.2) is 42.5 Å². The first kappa shape index (κ1) is 17.9. The van der Waals surface area contributed by atoms with Gasteiger partial charge in [0.2, 0.25) is 0 Å². The molecule has 27 heavy (non-hydrogen) atoms. The lowest BCUT2D eigenvalue weighted by molar-refractivity contribution is -0.159. The third-order valence-electron chi connectivity index (χ3n) is 4.44. The van der Waals surface area contributed by atoms with Crippen molar-refractivity contribution in [1.82, 2.24) is 0 Å². The summed E-state index contributed by atoms with van der Waals surface area (Å²) >= 11 is 1.38. The highest BCUT2D eigenvalue weighted by Gasteiger charge is 2.40. The number of alkyl halides is 2. The number of halogens is 4. The predicted octanol–water partition coefficient (Wildman–Crippen LogP) is 6.14. The molecule has 0 atom stereocenters. The van der Waals surface area contributed by atoms with Crippen molar-refractivity contribution >= 4 is 16.3 Å². The Morgan fingerprint density at radius 1 is 1.11 bits per heavy atom. The Bertz CT molecular complexity index is 995. The summed E-state index contributed by atoms with van der Waals surface area (Å²) in [4.78, 5) is 0.852. The van der Waals surface area contributed by atoms with Gasteiger partial charge in [-0.05, 0) is 48.4 Å². The Morgan fingerprint density at radius 3 is 2.59 bits per heavy atom. The summed E-state index contributed by atoms with van der Waals surface area (Å²) in [5.74, 6) is -1.02. The second-order valence-corrected chi connectivity index (χ2v) is 7.49. The molecule has 0 unspecified atom stereocenters. The van der Waals surface area contributed by atoms with Crippen LogP contribution < -0.4 is 10.1 Å². The Hall–Kier alpha value is -2.54. The molecule has 7 heteroatoms. The van der Waals surface area contributed by atoms with Crippen LogP contribution in [0.25, 0.3) is 10.4 Å². The van der Waals surface area contributed by atoms with Crippen LogP contribution in [0.5, 0.6) is 5.75 Å². The highest BCUT2D eigenvalue weighted by atomic mass is 32.1. The molecule has 0 radical (unpaired) electrons. The van der Waals surface area contributed by atoms with E-state index in [1.54, 1.807) is 18.2 Å². The summed E-state index contributed by atoms with van der Waals surface area (Å²) in [6.07, 6.45) is -3.59. The van der Waals surface area contributed by atoms with Crippen LogP contribution in [-0.4, -0.2) is 6.11 Å². The molecule has 2 aromatic carbocycles. The largest absolute Gasteiger partial charge is 0.432 e. The number of benzene rings is 2. The first-order chi connectivity index (χ1) is 12.8. The van der Waals surface area contributed by atoms with Gasteiger partial charge in [0.05, 0.1) is 11.4 Å². The van der Waals surface area contributed by atoms with Gasteiger partial charge in [0.15, 0.2) is 0 Å². The van der Waals surface area contributed by atoms with Gasteiger partial charge in [0.1, 0.15) is 17.4 Å². The van der Waals surface area contributed by atoms with Gasteiger partial charge in [-0.25, -0.2) is 8.78 Å². The Kier molecular flexibility index (Phi) is 4.34. The van der Waals surface area contributed by atoms with Gasteiger partial charge in [-0.1, -0.05) is 12.1 Å². The summed E-state index contributed by atoms with van der Waals surface area (Å²) in [6.45, 7) is 1.87. The van der Waals surface area contributed by atoms with Crippen LogP contribution in [0.1, 0.15) is 16.7 Å². The molecule has 140 valence electrons. The van der Waals surface area contributed by atoms with Gasteiger partial charge in [0, 0.05) is 22.5 Å². The lowest BCUT2D eigenvalue weighted by Gasteiger charge is -2.09. The van der Waals surface area contributed by atoms with Gasteiger partial charge in [-0.15, -0.1) is 11.3 Å². The first-order valence-corrected chi connectivity index (χ1v) is 9.11. The number of anilines is 1. The molecule has 0 fully saturated rings. The molecule has 1 aliphatic rings. The number of rotatable bonds is 4. The van der Waals surface area contributed by atoms with Gasteiger partial charge >= 0.3 is 6.11 Å². The van der Waals surface area contributed by atoms with Crippen LogP contribution in [0.2, 0.25) is 0 Å². The second-order valence-electron chi connectivity index (χ2n) is 6.41. The van der Waals surface area contributed by atoms with E-state index in [0.29, 0.717) is 5.56 Å². The number of fused-ring (bicyclic) bond motifs is 1. The van der Waals surface area contributed by atoms with E-state index in [1.165, 1.54) is 29.5 Å². The number of hydrogen-bond acceptors (Lipinski definition) is 3. The summed E-state index contributed by atoms with van der Waals surface area (Å²) in [5.41, 5.74) is 2.12. The van der Waals surface area contributed by atoms with Crippen LogP contribution in [0.3, 0.4) is 0 Å². The van der Waals surface area contributed by atoms with Gasteiger partial charge in [0.25, 0.3) is 0 Å². The van der Waals surface area contributed by atoms with E-state index in [-0.39, 0.29) is 17.9 Å². The molecule has 0 saturated heterocycles. The zero-order chi connectivity index (χ0) is 19.2. The molecule has 1 aliphatic heterocycles. The fourth-order valence-corrected chi connectivity index (χ4v) is 4.10. The van der Waals surface area contributed by atoms with E-state index < -0.39 is 24.2 Å². The SMILES string of the molecule is Cc1cc2c(cc1-c1ccc(NCc3c(F)cccc3F)s1)OC(F)(F)C2. The predicted molar refractivity (Wildman–Crippen MR) is 97.5 cm³/mol. The van der Waals surface area contributed by atoms with Crippen molar-refractivity contribution in [2.45, 2.75) is 26.0 Å². The standard InChI is InChI=1S/C20H15F4NOS/c1-11-7-12-9-20(23,24)26-17(12)8-13(11)18-5-6-19(27-18)25-10-14-15(21)3-2-4-16(14)22/h2-8,25H,9-10H2,1H3. The molecular weight excluding hydrogens is 378 g/mol. The maximum atomic E-state index is 13.7. The van der Waals surface area contributed by atoms with Crippen molar-refractivity contribution in [3.63, 3.8) is 0 Å². The average Bonchev–Trinajstić information content (AvgIpc) is 3.16. The Morgan fingerprint density at radius 2 is 1.85 bits per heavy atom. The molecule has 4 rings (SSSR count). The molecule has 2 nitrogen and oxygen atoms in total. The fraction of sp³-hybridized carbons (Fsp3) is 0.200. The van der Waals surface area contributed by atoms with E-state index in [9.17, 15) is 17.6 Å². The first-order valence-electron chi connectivity index (χ1n) is 8.30. The smallest absolute Gasteiger partial charge is 0.402 e. The lowest BCUT2D eigenvalue weighted by Crippen LogP contribution is -2.20. The van der Waals surface area contributed by atoms with Crippen molar-refractivity contribution in [2.75, 3.05) is 5.32 Å².